The van der Waals surface area contributed by atoms with Crippen molar-refractivity contribution in [2.75, 3.05) is 0 Å². The Labute approximate surface area is 106 Å². The van der Waals surface area contributed by atoms with E-state index in [2.05, 4.69) is 31.9 Å². The zero-order valence-electron chi connectivity index (χ0n) is 9.66. The quantitative estimate of drug-likeness (QED) is 0.762. The third-order valence-electron chi connectivity index (χ3n) is 3.94. The van der Waals surface area contributed by atoms with E-state index in [0.717, 1.165) is 11.2 Å². The van der Waals surface area contributed by atoms with Crippen LogP contribution in [0.5, 0.6) is 0 Å². The molecule has 2 saturated carbocycles. The minimum Gasteiger partial charge on any atom is -0.266 e. The molecule has 1 heterocycles. The largest absolute Gasteiger partial charge is 0.266 e. The van der Waals surface area contributed by atoms with Gasteiger partial charge in [0.2, 0.25) is 0 Å². The van der Waals surface area contributed by atoms with Crippen molar-refractivity contribution in [1.29, 1.82) is 0 Å². The third-order valence-corrected chi connectivity index (χ3v) is 4.55. The van der Waals surface area contributed by atoms with Gasteiger partial charge in [0, 0.05) is 22.5 Å². The molecule has 0 aromatic carbocycles. The number of alkyl halides is 1. The van der Waals surface area contributed by atoms with E-state index in [9.17, 15) is 0 Å². The summed E-state index contributed by atoms with van der Waals surface area (Å²) >= 11 is 3.59. The summed E-state index contributed by atoms with van der Waals surface area (Å²) in [4.78, 5) is 0. The predicted octanol–water partition coefficient (Wildman–Crippen LogP) is 4.16. The van der Waals surface area contributed by atoms with Crippen molar-refractivity contribution in [3.8, 4) is 0 Å². The van der Waals surface area contributed by atoms with Gasteiger partial charge in [-0.25, -0.2) is 0 Å². The molecule has 1 aromatic heterocycles. The van der Waals surface area contributed by atoms with E-state index in [-0.39, 0.29) is 0 Å². The highest BCUT2D eigenvalue weighted by atomic mass is 79.9. The molecular formula is C13H19BrN2. The Morgan fingerprint density at radius 3 is 2.56 bits per heavy atom. The van der Waals surface area contributed by atoms with E-state index < -0.39 is 0 Å². The second-order valence-electron chi connectivity index (χ2n) is 5.20. The SMILES string of the molecule is BrCc1cnn(C2CCCCC2)c1C1CC1. The fraction of sp³-hybridized carbons (Fsp3) is 0.769. The van der Waals surface area contributed by atoms with Crippen LogP contribution in [0.2, 0.25) is 0 Å². The van der Waals surface area contributed by atoms with E-state index >= 15 is 0 Å². The van der Waals surface area contributed by atoms with Gasteiger partial charge in [-0.3, -0.25) is 4.68 Å². The standard InChI is InChI=1S/C13H19BrN2/c14-8-11-9-15-16(13(11)10-6-7-10)12-4-2-1-3-5-12/h9-10,12H,1-8H2. The van der Waals surface area contributed by atoms with E-state index in [0.29, 0.717) is 6.04 Å². The minimum absolute atomic E-state index is 0.692. The molecule has 88 valence electrons. The van der Waals surface area contributed by atoms with Crippen LogP contribution in [-0.4, -0.2) is 9.78 Å². The van der Waals surface area contributed by atoms with Gasteiger partial charge in [0.25, 0.3) is 0 Å². The summed E-state index contributed by atoms with van der Waals surface area (Å²) in [5.41, 5.74) is 2.97. The number of halogens is 1. The van der Waals surface area contributed by atoms with Crippen LogP contribution in [0.1, 0.15) is 68.2 Å². The molecule has 0 saturated heterocycles. The van der Waals surface area contributed by atoms with Gasteiger partial charge >= 0.3 is 0 Å². The molecule has 2 aliphatic carbocycles. The molecule has 0 spiro atoms. The molecule has 16 heavy (non-hydrogen) atoms. The number of rotatable bonds is 3. The summed E-state index contributed by atoms with van der Waals surface area (Å²) in [6.07, 6.45) is 11.7. The molecule has 2 fully saturated rings. The molecule has 0 aliphatic heterocycles. The first-order valence-electron chi connectivity index (χ1n) is 6.52. The predicted molar refractivity (Wildman–Crippen MR) is 69.0 cm³/mol. The van der Waals surface area contributed by atoms with Crippen LogP contribution in [0, 0.1) is 0 Å². The van der Waals surface area contributed by atoms with Gasteiger partial charge < -0.3 is 0 Å². The number of hydrogen-bond donors (Lipinski definition) is 0. The maximum atomic E-state index is 4.66. The van der Waals surface area contributed by atoms with Crippen molar-refractivity contribution in [2.45, 2.75) is 62.2 Å². The zero-order chi connectivity index (χ0) is 11.0. The van der Waals surface area contributed by atoms with Crippen LogP contribution in [0.3, 0.4) is 0 Å². The Morgan fingerprint density at radius 1 is 1.19 bits per heavy atom. The Hall–Kier alpha value is -0.310. The van der Waals surface area contributed by atoms with Gasteiger partial charge in [-0.05, 0) is 25.7 Å². The number of nitrogens with zero attached hydrogens (tertiary/aromatic N) is 2. The maximum Gasteiger partial charge on any atom is 0.0533 e. The van der Waals surface area contributed by atoms with E-state index in [1.54, 1.807) is 5.69 Å². The Balaban J connectivity index is 1.89. The minimum atomic E-state index is 0.692. The molecule has 0 bridgehead atoms. The van der Waals surface area contributed by atoms with Crippen molar-refractivity contribution in [3.05, 3.63) is 17.5 Å². The molecule has 3 rings (SSSR count). The normalized spacial score (nSPS) is 22.6. The van der Waals surface area contributed by atoms with Crippen LogP contribution >= 0.6 is 15.9 Å². The van der Waals surface area contributed by atoms with E-state index in [4.69, 9.17) is 0 Å². The van der Waals surface area contributed by atoms with Gasteiger partial charge in [0.15, 0.2) is 0 Å². The van der Waals surface area contributed by atoms with Crippen molar-refractivity contribution in [2.24, 2.45) is 0 Å². The van der Waals surface area contributed by atoms with Gasteiger partial charge in [0.05, 0.1) is 12.2 Å². The summed E-state index contributed by atoms with van der Waals surface area (Å²) in [5, 5.41) is 5.62. The average molecular weight is 283 g/mol. The number of hydrogen-bond acceptors (Lipinski definition) is 1. The highest BCUT2D eigenvalue weighted by Gasteiger charge is 2.32. The Kier molecular flexibility index (Phi) is 3.05. The van der Waals surface area contributed by atoms with Crippen molar-refractivity contribution in [1.82, 2.24) is 9.78 Å². The second kappa shape index (κ2) is 4.52. The Bertz CT molecular complexity index is 362. The fourth-order valence-corrected chi connectivity index (χ4v) is 3.36. The van der Waals surface area contributed by atoms with Crippen LogP contribution in [0.4, 0.5) is 0 Å². The highest BCUT2D eigenvalue weighted by Crippen LogP contribution is 2.44. The average Bonchev–Trinajstić information content (AvgIpc) is 3.09. The van der Waals surface area contributed by atoms with Crippen molar-refractivity contribution >= 4 is 15.9 Å². The second-order valence-corrected chi connectivity index (χ2v) is 5.76. The summed E-state index contributed by atoms with van der Waals surface area (Å²) in [7, 11) is 0. The summed E-state index contributed by atoms with van der Waals surface area (Å²) in [6.45, 7) is 0. The molecule has 2 nitrogen and oxygen atoms in total. The zero-order valence-corrected chi connectivity index (χ0v) is 11.2. The molecule has 1 aromatic rings. The summed E-state index contributed by atoms with van der Waals surface area (Å²) in [5.74, 6) is 0.817. The topological polar surface area (TPSA) is 17.8 Å². The van der Waals surface area contributed by atoms with E-state index in [1.807, 2.05) is 0 Å². The molecule has 0 radical (unpaired) electrons. The van der Waals surface area contributed by atoms with Crippen LogP contribution < -0.4 is 0 Å². The molecule has 0 atom stereocenters. The third kappa shape index (κ3) is 1.94. The molecule has 0 amide bonds. The lowest BCUT2D eigenvalue weighted by Crippen LogP contribution is -2.16. The fourth-order valence-electron chi connectivity index (χ4n) is 2.93. The molecule has 0 unspecified atom stereocenters. The van der Waals surface area contributed by atoms with Gasteiger partial charge in [-0.1, -0.05) is 35.2 Å². The van der Waals surface area contributed by atoms with E-state index in [1.165, 1.54) is 50.5 Å². The maximum absolute atomic E-state index is 4.66. The number of aromatic nitrogens is 2. The summed E-state index contributed by atoms with van der Waals surface area (Å²) < 4.78 is 2.37. The first kappa shape index (κ1) is 10.8. The van der Waals surface area contributed by atoms with Crippen LogP contribution in [0.25, 0.3) is 0 Å². The molecule has 0 N–H and O–H groups in total. The van der Waals surface area contributed by atoms with Gasteiger partial charge in [-0.15, -0.1) is 0 Å². The highest BCUT2D eigenvalue weighted by molar-refractivity contribution is 9.08. The monoisotopic (exact) mass is 282 g/mol. The first-order chi connectivity index (χ1) is 7.90. The van der Waals surface area contributed by atoms with Crippen molar-refractivity contribution in [3.63, 3.8) is 0 Å². The lowest BCUT2D eigenvalue weighted by atomic mass is 9.95. The first-order valence-corrected chi connectivity index (χ1v) is 7.64. The molecule has 3 heteroatoms. The molecular weight excluding hydrogens is 264 g/mol. The summed E-state index contributed by atoms with van der Waals surface area (Å²) in [6, 6.07) is 0.692. The lowest BCUT2D eigenvalue weighted by Gasteiger charge is -2.24. The van der Waals surface area contributed by atoms with Gasteiger partial charge in [-0.2, -0.15) is 5.10 Å². The lowest BCUT2D eigenvalue weighted by molar-refractivity contribution is 0.322. The molecule has 2 aliphatic rings. The van der Waals surface area contributed by atoms with Gasteiger partial charge in [0.1, 0.15) is 0 Å². The van der Waals surface area contributed by atoms with Crippen molar-refractivity contribution < 1.29 is 0 Å². The van der Waals surface area contributed by atoms with Crippen LogP contribution in [0.15, 0.2) is 6.20 Å². The van der Waals surface area contributed by atoms with Crippen LogP contribution in [-0.2, 0) is 5.33 Å². The smallest absolute Gasteiger partial charge is 0.0533 e. The Morgan fingerprint density at radius 2 is 1.94 bits per heavy atom.